The predicted molar refractivity (Wildman–Crippen MR) is 126 cm³/mol. The number of halogens is 2. The maximum atomic E-state index is 13.0. The number of benzene rings is 3. The molecule has 3 aromatic carbocycles. The van der Waals surface area contributed by atoms with E-state index in [9.17, 15) is 14.0 Å². The lowest BCUT2D eigenvalue weighted by atomic mass is 10.1. The molecule has 1 aliphatic rings. The minimum atomic E-state index is -0.482. The van der Waals surface area contributed by atoms with Gasteiger partial charge in [-0.15, -0.1) is 0 Å². The minimum Gasteiger partial charge on any atom is -0.493 e. The third-order valence-electron chi connectivity index (χ3n) is 4.78. The van der Waals surface area contributed by atoms with E-state index in [1.807, 2.05) is 12.1 Å². The van der Waals surface area contributed by atoms with Crippen molar-refractivity contribution in [2.75, 3.05) is 12.1 Å². The number of ether oxygens (including phenoxy) is 2. The third-order valence-corrected chi connectivity index (χ3v) is 5.50. The third kappa shape index (κ3) is 4.75. The summed E-state index contributed by atoms with van der Waals surface area (Å²) in [6.07, 6.45) is 1.51. The van der Waals surface area contributed by atoms with Gasteiger partial charge in [-0.25, -0.2) is 9.40 Å². The minimum absolute atomic E-state index is 0.0191. The number of anilines is 1. The van der Waals surface area contributed by atoms with Crippen LogP contribution in [0.15, 0.2) is 72.3 Å². The Hall–Kier alpha value is -3.40. The van der Waals surface area contributed by atoms with Gasteiger partial charge >= 0.3 is 0 Å². The maximum absolute atomic E-state index is 13.0. The van der Waals surface area contributed by atoms with Crippen LogP contribution in [0.5, 0.6) is 11.5 Å². The average Bonchev–Trinajstić information content (AvgIpc) is 3.08. The number of hydrazine groups is 1. The first-order valence-electron chi connectivity index (χ1n) is 9.62. The van der Waals surface area contributed by atoms with Crippen LogP contribution in [-0.2, 0) is 16.2 Å². The molecule has 6 nitrogen and oxygen atoms in total. The number of hydrogen-bond donors (Lipinski definition) is 1. The van der Waals surface area contributed by atoms with Crippen LogP contribution >= 0.6 is 22.6 Å². The van der Waals surface area contributed by atoms with E-state index >= 15 is 0 Å². The summed E-state index contributed by atoms with van der Waals surface area (Å²) in [5.41, 5.74) is 4.60. The lowest BCUT2D eigenvalue weighted by Crippen LogP contribution is -2.35. The van der Waals surface area contributed by atoms with Gasteiger partial charge in [0.2, 0.25) is 0 Å². The number of methoxy groups -OCH3 is 1. The Morgan fingerprint density at radius 2 is 1.72 bits per heavy atom. The summed E-state index contributed by atoms with van der Waals surface area (Å²) in [4.78, 5) is 25.2. The van der Waals surface area contributed by atoms with Gasteiger partial charge in [-0.3, -0.25) is 15.0 Å². The van der Waals surface area contributed by atoms with Crippen molar-refractivity contribution < 1.29 is 23.5 Å². The van der Waals surface area contributed by atoms with Crippen LogP contribution in [0, 0.1) is 9.39 Å². The normalized spacial score (nSPS) is 14.6. The first-order chi connectivity index (χ1) is 15.4. The molecule has 4 rings (SSSR count). The van der Waals surface area contributed by atoms with Gasteiger partial charge in [0.05, 0.1) is 12.8 Å². The number of hydrogen-bond acceptors (Lipinski definition) is 4. The van der Waals surface area contributed by atoms with Crippen molar-refractivity contribution in [3.05, 3.63) is 92.8 Å². The van der Waals surface area contributed by atoms with E-state index in [-0.39, 0.29) is 18.0 Å². The highest BCUT2D eigenvalue weighted by Gasteiger charge is 2.34. The Morgan fingerprint density at radius 3 is 2.41 bits per heavy atom. The van der Waals surface area contributed by atoms with Crippen LogP contribution in [0.1, 0.15) is 11.1 Å². The highest BCUT2D eigenvalue weighted by Crippen LogP contribution is 2.30. The van der Waals surface area contributed by atoms with Gasteiger partial charge < -0.3 is 9.47 Å². The summed E-state index contributed by atoms with van der Waals surface area (Å²) < 4.78 is 25.3. The fraction of sp³-hybridized carbons (Fsp3) is 0.0833. The zero-order valence-electron chi connectivity index (χ0n) is 17.0. The fourth-order valence-corrected chi connectivity index (χ4v) is 3.49. The standard InChI is InChI=1S/C24H18FIN2O4/c1-31-22-13-16(4-11-21(22)32-14-15-2-5-17(25)6-3-15)12-20-23(29)27-28(24(20)30)19-9-7-18(26)8-10-19/h2-13H,14H2,1H3,(H,27,29). The predicted octanol–water partition coefficient (Wildman–Crippen LogP) is 4.48. The zero-order valence-corrected chi connectivity index (χ0v) is 19.1. The second-order valence-electron chi connectivity index (χ2n) is 6.94. The number of amides is 2. The Bertz CT molecular complexity index is 1190. The highest BCUT2D eigenvalue weighted by molar-refractivity contribution is 14.1. The molecule has 0 aromatic heterocycles. The van der Waals surface area contributed by atoms with Crippen LogP contribution in [0.3, 0.4) is 0 Å². The Kier molecular flexibility index (Phi) is 6.40. The molecule has 32 heavy (non-hydrogen) atoms. The van der Waals surface area contributed by atoms with E-state index in [2.05, 4.69) is 28.0 Å². The molecule has 162 valence electrons. The van der Waals surface area contributed by atoms with Gasteiger partial charge in [0.1, 0.15) is 18.0 Å². The summed E-state index contributed by atoms with van der Waals surface area (Å²) in [5, 5.41) is 1.22. The topological polar surface area (TPSA) is 67.9 Å². The maximum Gasteiger partial charge on any atom is 0.282 e. The van der Waals surface area contributed by atoms with Crippen LogP contribution in [0.25, 0.3) is 6.08 Å². The van der Waals surface area contributed by atoms with Crippen molar-refractivity contribution in [2.45, 2.75) is 6.61 Å². The van der Waals surface area contributed by atoms with Gasteiger partial charge in [-0.1, -0.05) is 18.2 Å². The molecule has 1 saturated heterocycles. The molecule has 1 fully saturated rings. The van der Waals surface area contributed by atoms with Gasteiger partial charge in [0, 0.05) is 3.57 Å². The van der Waals surface area contributed by atoms with E-state index in [1.165, 1.54) is 30.3 Å². The van der Waals surface area contributed by atoms with Gasteiger partial charge in [-0.2, -0.15) is 0 Å². The summed E-state index contributed by atoms with van der Waals surface area (Å²) >= 11 is 2.17. The molecule has 0 radical (unpaired) electrons. The lowest BCUT2D eigenvalue weighted by Gasteiger charge is -2.14. The molecule has 0 saturated carbocycles. The molecule has 1 N–H and O–H groups in total. The van der Waals surface area contributed by atoms with Gasteiger partial charge in [0.15, 0.2) is 11.5 Å². The van der Waals surface area contributed by atoms with Gasteiger partial charge in [0.25, 0.3) is 11.8 Å². The summed E-state index contributed by atoms with van der Waals surface area (Å²) in [6, 6.07) is 18.4. The first kappa shape index (κ1) is 21.8. The van der Waals surface area contributed by atoms with Crippen molar-refractivity contribution >= 4 is 46.2 Å². The SMILES string of the molecule is COc1cc(C=C2C(=O)NN(c3ccc(I)cc3)C2=O)ccc1OCc1ccc(F)cc1. The molecule has 0 unspecified atom stereocenters. The highest BCUT2D eigenvalue weighted by atomic mass is 127. The molecule has 0 atom stereocenters. The second kappa shape index (κ2) is 9.39. The number of carbonyl (C=O) groups excluding carboxylic acids is 2. The Labute approximate surface area is 197 Å². The van der Waals surface area contributed by atoms with E-state index in [1.54, 1.807) is 42.5 Å². The molecule has 1 aliphatic heterocycles. The average molecular weight is 544 g/mol. The largest absolute Gasteiger partial charge is 0.493 e. The molecule has 3 aromatic rings. The second-order valence-corrected chi connectivity index (χ2v) is 8.19. The number of nitrogens with zero attached hydrogens (tertiary/aromatic N) is 1. The molecule has 0 aliphatic carbocycles. The smallest absolute Gasteiger partial charge is 0.282 e. The lowest BCUT2D eigenvalue weighted by molar-refractivity contribution is -0.117. The molecule has 0 spiro atoms. The number of carbonyl (C=O) groups is 2. The molecule has 0 bridgehead atoms. The first-order valence-corrected chi connectivity index (χ1v) is 10.7. The number of rotatable bonds is 6. The van der Waals surface area contributed by atoms with Crippen molar-refractivity contribution in [2.24, 2.45) is 0 Å². The van der Waals surface area contributed by atoms with Crippen molar-refractivity contribution in [3.63, 3.8) is 0 Å². The van der Waals surface area contributed by atoms with Crippen LogP contribution in [0.2, 0.25) is 0 Å². The quantitative estimate of drug-likeness (QED) is 0.283. The summed E-state index contributed by atoms with van der Waals surface area (Å²) in [6.45, 7) is 0.239. The van der Waals surface area contributed by atoms with E-state index in [4.69, 9.17) is 9.47 Å². The zero-order chi connectivity index (χ0) is 22.7. The molecule has 8 heteroatoms. The monoisotopic (exact) mass is 544 g/mol. The van der Waals surface area contributed by atoms with E-state index in [0.29, 0.717) is 22.7 Å². The molecule has 2 amide bonds. The van der Waals surface area contributed by atoms with E-state index in [0.717, 1.165) is 9.13 Å². The molecular weight excluding hydrogens is 526 g/mol. The van der Waals surface area contributed by atoms with Crippen molar-refractivity contribution in [3.8, 4) is 11.5 Å². The van der Waals surface area contributed by atoms with Gasteiger partial charge in [-0.05, 0) is 88.3 Å². The molecule has 1 heterocycles. The summed E-state index contributed by atoms with van der Waals surface area (Å²) in [5.74, 6) is -0.297. The van der Waals surface area contributed by atoms with Crippen molar-refractivity contribution in [1.82, 2.24) is 5.43 Å². The van der Waals surface area contributed by atoms with E-state index < -0.39 is 11.8 Å². The van der Waals surface area contributed by atoms with Crippen LogP contribution in [-0.4, -0.2) is 18.9 Å². The Morgan fingerprint density at radius 1 is 1.00 bits per heavy atom. The fourth-order valence-electron chi connectivity index (χ4n) is 3.13. The summed E-state index contributed by atoms with van der Waals surface area (Å²) in [7, 11) is 1.50. The Balaban J connectivity index is 1.53. The number of nitrogens with one attached hydrogen (secondary N) is 1. The molecular formula is C24H18FIN2O4. The van der Waals surface area contributed by atoms with Crippen LogP contribution in [0.4, 0.5) is 10.1 Å². The van der Waals surface area contributed by atoms with Crippen LogP contribution < -0.4 is 19.9 Å². The van der Waals surface area contributed by atoms with Crippen molar-refractivity contribution in [1.29, 1.82) is 0 Å².